The van der Waals surface area contributed by atoms with Gasteiger partial charge in [0.25, 0.3) is 0 Å². The number of carbonyl (C=O) groups is 1. The summed E-state index contributed by atoms with van der Waals surface area (Å²) in [5.74, 6) is 0.803. The van der Waals surface area contributed by atoms with Crippen LogP contribution in [0.5, 0.6) is 11.6 Å². The van der Waals surface area contributed by atoms with Crippen molar-refractivity contribution < 1.29 is 32.9 Å². The zero-order chi connectivity index (χ0) is 26.6. The number of carboxylic acids is 1. The van der Waals surface area contributed by atoms with E-state index in [-0.39, 0.29) is 36.3 Å². The van der Waals surface area contributed by atoms with Crippen LogP contribution >= 0.6 is 10.6 Å². The topological polar surface area (TPSA) is 109 Å². The third-order valence-corrected chi connectivity index (χ3v) is 9.79. The Balaban J connectivity index is 1.12. The van der Waals surface area contributed by atoms with Gasteiger partial charge in [-0.05, 0) is 66.3 Å². The van der Waals surface area contributed by atoms with Gasteiger partial charge in [-0.15, -0.1) is 0 Å². The van der Waals surface area contributed by atoms with E-state index >= 15 is 0 Å². The van der Waals surface area contributed by atoms with Crippen LogP contribution in [0.4, 0.5) is 4.39 Å². The molecule has 3 atom stereocenters. The van der Waals surface area contributed by atoms with Gasteiger partial charge in [0.05, 0.1) is 5.92 Å². The minimum atomic E-state index is -2.46. The Morgan fingerprint density at radius 1 is 1.11 bits per heavy atom. The zero-order valence-electron chi connectivity index (χ0n) is 21.0. The lowest BCUT2D eigenvalue weighted by molar-refractivity contribution is -0.139. The normalized spacial score (nSPS) is 24.3. The van der Waals surface area contributed by atoms with Gasteiger partial charge < -0.3 is 14.6 Å². The van der Waals surface area contributed by atoms with Crippen LogP contribution in [0.3, 0.4) is 0 Å². The number of rotatable bonds is 7. The van der Waals surface area contributed by atoms with E-state index < -0.39 is 16.6 Å². The van der Waals surface area contributed by atoms with E-state index in [1.807, 2.05) is 31.2 Å². The molecule has 1 saturated heterocycles. The van der Waals surface area contributed by atoms with Crippen LogP contribution < -0.4 is 9.47 Å². The van der Waals surface area contributed by atoms with Crippen LogP contribution in [0.15, 0.2) is 48.5 Å². The Hall–Kier alpha value is -3.14. The van der Waals surface area contributed by atoms with E-state index in [4.69, 9.17) is 9.47 Å². The SMILES string of the molecule is Cc1nc(OC2CCS(O)(O)CC2)ccc1-c1ccc(F)c(COc2ccc3c(c2)C[C@H]2[C@H](C(=O)O)[C@@H]32)c1. The predicted molar refractivity (Wildman–Crippen MR) is 142 cm³/mol. The molecule has 3 N–H and O–H groups in total. The molecule has 0 unspecified atom stereocenters. The molecule has 200 valence electrons. The van der Waals surface area contributed by atoms with Gasteiger partial charge in [0.2, 0.25) is 5.88 Å². The predicted octanol–water partition coefficient (Wildman–Crippen LogP) is 6.04. The number of pyridine rings is 1. The smallest absolute Gasteiger partial charge is 0.307 e. The molecule has 38 heavy (non-hydrogen) atoms. The highest BCUT2D eigenvalue weighted by atomic mass is 32.3. The molecule has 7 nitrogen and oxygen atoms in total. The molecule has 2 aliphatic carbocycles. The second-order valence-electron chi connectivity index (χ2n) is 10.5. The summed E-state index contributed by atoms with van der Waals surface area (Å²) in [5, 5.41) is 9.31. The fourth-order valence-electron chi connectivity index (χ4n) is 5.91. The molecule has 9 heteroatoms. The maximum Gasteiger partial charge on any atom is 0.307 e. The second kappa shape index (κ2) is 9.55. The lowest BCUT2D eigenvalue weighted by Crippen LogP contribution is -2.28. The van der Waals surface area contributed by atoms with E-state index in [2.05, 4.69) is 4.98 Å². The molecule has 2 heterocycles. The van der Waals surface area contributed by atoms with E-state index in [0.717, 1.165) is 34.4 Å². The van der Waals surface area contributed by atoms with E-state index in [9.17, 15) is 23.4 Å². The minimum Gasteiger partial charge on any atom is -0.489 e. The third-order valence-electron chi connectivity index (χ3n) is 8.02. The molecule has 0 bridgehead atoms. The fraction of sp³-hybridized carbons (Fsp3) is 0.379. The number of carboxylic acid groups (broad SMARTS) is 1. The van der Waals surface area contributed by atoms with Gasteiger partial charge in [-0.3, -0.25) is 13.9 Å². The van der Waals surface area contributed by atoms with Crippen molar-refractivity contribution in [2.75, 3.05) is 11.5 Å². The first-order chi connectivity index (χ1) is 18.2. The highest BCUT2D eigenvalue weighted by Gasteiger charge is 2.59. The number of aliphatic carboxylic acids is 1. The molecule has 0 radical (unpaired) electrons. The molecule has 1 aromatic heterocycles. The average molecular weight is 540 g/mol. The molecule has 0 amide bonds. The summed E-state index contributed by atoms with van der Waals surface area (Å²) in [6.07, 6.45) is 1.82. The van der Waals surface area contributed by atoms with Gasteiger partial charge in [0.1, 0.15) is 24.3 Å². The number of aromatic nitrogens is 1. The van der Waals surface area contributed by atoms with Gasteiger partial charge >= 0.3 is 5.97 Å². The Labute approximate surface area is 222 Å². The van der Waals surface area contributed by atoms with Crippen molar-refractivity contribution in [3.8, 4) is 22.8 Å². The monoisotopic (exact) mass is 539 g/mol. The number of halogens is 1. The van der Waals surface area contributed by atoms with Gasteiger partial charge in [-0.25, -0.2) is 9.37 Å². The van der Waals surface area contributed by atoms with Gasteiger partial charge in [0.15, 0.2) is 0 Å². The molecular weight excluding hydrogens is 509 g/mol. The quantitative estimate of drug-likeness (QED) is 0.336. The fourth-order valence-corrected chi connectivity index (χ4v) is 7.40. The van der Waals surface area contributed by atoms with Crippen molar-refractivity contribution in [2.24, 2.45) is 11.8 Å². The number of hydrogen-bond donors (Lipinski definition) is 3. The van der Waals surface area contributed by atoms with Gasteiger partial charge in [-0.2, -0.15) is 10.6 Å². The molecule has 3 aromatic rings. The molecule has 6 rings (SSSR count). The number of nitrogens with zero attached hydrogens (tertiary/aromatic N) is 1. The summed E-state index contributed by atoms with van der Waals surface area (Å²) in [6.45, 7) is 1.95. The highest BCUT2D eigenvalue weighted by Crippen LogP contribution is 2.61. The molecule has 1 saturated carbocycles. The summed E-state index contributed by atoms with van der Waals surface area (Å²) in [7, 11) is -2.46. The lowest BCUT2D eigenvalue weighted by Gasteiger charge is -2.38. The molecule has 2 aromatic carbocycles. The largest absolute Gasteiger partial charge is 0.489 e. The summed E-state index contributed by atoms with van der Waals surface area (Å²) in [4.78, 5) is 15.9. The number of fused-ring (bicyclic) bond motifs is 3. The van der Waals surface area contributed by atoms with Crippen LogP contribution in [0.2, 0.25) is 0 Å². The second-order valence-corrected chi connectivity index (χ2v) is 12.9. The van der Waals surface area contributed by atoms with Crippen LogP contribution in [-0.4, -0.2) is 42.8 Å². The van der Waals surface area contributed by atoms with Crippen LogP contribution in [0.1, 0.15) is 41.1 Å². The number of hydrogen-bond acceptors (Lipinski definition) is 6. The molecule has 0 spiro atoms. The van der Waals surface area contributed by atoms with Crippen molar-refractivity contribution in [3.63, 3.8) is 0 Å². The van der Waals surface area contributed by atoms with Crippen molar-refractivity contribution >= 4 is 16.6 Å². The number of aryl methyl sites for hydroxylation is 1. The Kier molecular flexibility index (Phi) is 6.32. The van der Waals surface area contributed by atoms with Crippen LogP contribution in [-0.2, 0) is 17.8 Å². The van der Waals surface area contributed by atoms with Crippen molar-refractivity contribution in [1.29, 1.82) is 0 Å². The molecule has 2 fully saturated rings. The Morgan fingerprint density at radius 2 is 1.89 bits per heavy atom. The van der Waals surface area contributed by atoms with E-state index in [1.165, 1.54) is 6.07 Å². The van der Waals surface area contributed by atoms with Crippen molar-refractivity contribution in [1.82, 2.24) is 4.98 Å². The Bertz CT molecular complexity index is 1400. The minimum absolute atomic E-state index is 0.0671. The first kappa shape index (κ1) is 25.2. The van der Waals surface area contributed by atoms with Gasteiger partial charge in [0, 0.05) is 53.2 Å². The Morgan fingerprint density at radius 3 is 2.63 bits per heavy atom. The number of ether oxygens (including phenoxy) is 2. The first-order valence-corrected chi connectivity index (χ1v) is 14.7. The third kappa shape index (κ3) is 4.86. The highest BCUT2D eigenvalue weighted by molar-refractivity contribution is 8.24. The maximum atomic E-state index is 14.7. The van der Waals surface area contributed by atoms with Crippen LogP contribution in [0.25, 0.3) is 11.1 Å². The summed E-state index contributed by atoms with van der Waals surface area (Å²) >= 11 is 0. The lowest BCUT2D eigenvalue weighted by atomic mass is 10.0. The van der Waals surface area contributed by atoms with Gasteiger partial charge in [-0.1, -0.05) is 12.1 Å². The molecule has 3 aliphatic rings. The average Bonchev–Trinajstić information content (AvgIpc) is 3.47. The van der Waals surface area contributed by atoms with Crippen molar-refractivity contribution in [3.05, 3.63) is 76.7 Å². The van der Waals surface area contributed by atoms with Crippen LogP contribution in [0, 0.1) is 24.6 Å². The first-order valence-electron chi connectivity index (χ1n) is 12.8. The summed E-state index contributed by atoms with van der Waals surface area (Å²) in [5.41, 5.74) is 5.08. The summed E-state index contributed by atoms with van der Waals surface area (Å²) in [6, 6.07) is 14.3. The zero-order valence-corrected chi connectivity index (χ0v) is 21.8. The summed E-state index contributed by atoms with van der Waals surface area (Å²) < 4.78 is 46.2. The van der Waals surface area contributed by atoms with E-state index in [0.29, 0.717) is 41.5 Å². The standard InChI is InChI=1S/C29H30FNO6S/c1-16-22(5-7-26(31-16)37-20-8-10-38(34,35)11-9-20)17-2-6-25(30)19(12-17)15-36-21-3-4-23-18(13-21)14-24-27(23)28(24)29(32)33/h2-7,12-13,20,24,27-28,34-35H,8-11,14-15H2,1H3,(H,32,33)/t24-,27+,28+/m1/s1. The molecule has 1 aliphatic heterocycles. The number of benzene rings is 2. The maximum absolute atomic E-state index is 14.7. The molecular formula is C29H30FNO6S. The van der Waals surface area contributed by atoms with E-state index in [1.54, 1.807) is 18.2 Å². The van der Waals surface area contributed by atoms with Crippen molar-refractivity contribution in [2.45, 2.75) is 44.8 Å².